The molecule has 0 aromatic heterocycles. The lowest BCUT2D eigenvalue weighted by molar-refractivity contribution is -0.129. The summed E-state index contributed by atoms with van der Waals surface area (Å²) in [7, 11) is 0. The van der Waals surface area contributed by atoms with E-state index in [1.807, 2.05) is 30.3 Å². The first-order chi connectivity index (χ1) is 13.0. The van der Waals surface area contributed by atoms with Crippen molar-refractivity contribution in [2.75, 3.05) is 26.2 Å². The number of hydrogen-bond acceptors (Lipinski definition) is 5. The number of hydrogen-bond donors (Lipinski definition) is 1. The third-order valence-corrected chi connectivity index (χ3v) is 5.28. The summed E-state index contributed by atoms with van der Waals surface area (Å²) in [4.78, 5) is 51.1. The van der Waals surface area contributed by atoms with Crippen LogP contribution >= 0.6 is 11.8 Å². The molecular formula is C19H21N3O4S. The van der Waals surface area contributed by atoms with E-state index in [0.717, 1.165) is 35.2 Å². The quantitative estimate of drug-likeness (QED) is 0.570. The number of nitrogens with zero attached hydrogens (tertiary/aromatic N) is 2. The highest BCUT2D eigenvalue weighted by atomic mass is 32.2. The average Bonchev–Trinajstić information content (AvgIpc) is 3.18. The minimum absolute atomic E-state index is 0.157. The van der Waals surface area contributed by atoms with Gasteiger partial charge >= 0.3 is 0 Å². The van der Waals surface area contributed by atoms with Gasteiger partial charge in [0.1, 0.15) is 6.54 Å². The van der Waals surface area contributed by atoms with Crippen molar-refractivity contribution in [3.8, 4) is 0 Å². The minimum Gasteiger partial charge on any atom is -0.354 e. The number of benzene rings is 1. The normalized spacial score (nSPS) is 18.7. The molecule has 8 heteroatoms. The molecule has 2 fully saturated rings. The van der Waals surface area contributed by atoms with Gasteiger partial charge in [-0.3, -0.25) is 24.1 Å². The number of amides is 4. The highest BCUT2D eigenvalue weighted by Gasteiger charge is 2.36. The molecule has 1 aromatic rings. The molecule has 0 unspecified atom stereocenters. The van der Waals surface area contributed by atoms with Gasteiger partial charge in [0.15, 0.2) is 0 Å². The first-order valence-corrected chi connectivity index (χ1v) is 9.71. The Morgan fingerprint density at radius 2 is 1.96 bits per heavy atom. The molecular weight excluding hydrogens is 366 g/mol. The van der Waals surface area contributed by atoms with Crippen molar-refractivity contribution in [2.45, 2.75) is 19.3 Å². The molecule has 142 valence electrons. The Bertz CT molecular complexity index is 778. The molecule has 0 saturated carbocycles. The van der Waals surface area contributed by atoms with Crippen LogP contribution in [0.5, 0.6) is 0 Å². The lowest BCUT2D eigenvalue weighted by Crippen LogP contribution is -2.40. The number of rotatable bonds is 7. The molecule has 0 bridgehead atoms. The SMILES string of the molecule is O=C(CN1C(=O)SC(=Cc2ccccc2)C1=O)NCCCN1CCCC1=O. The summed E-state index contributed by atoms with van der Waals surface area (Å²) in [5.74, 6) is -0.679. The van der Waals surface area contributed by atoms with Crippen LogP contribution in [0.2, 0.25) is 0 Å². The van der Waals surface area contributed by atoms with Gasteiger partial charge in [-0.1, -0.05) is 30.3 Å². The van der Waals surface area contributed by atoms with Gasteiger partial charge in [-0.05, 0) is 36.2 Å². The molecule has 2 aliphatic heterocycles. The van der Waals surface area contributed by atoms with Crippen molar-refractivity contribution < 1.29 is 19.2 Å². The van der Waals surface area contributed by atoms with Crippen LogP contribution in [0.15, 0.2) is 35.2 Å². The molecule has 2 saturated heterocycles. The van der Waals surface area contributed by atoms with Crippen molar-refractivity contribution in [1.29, 1.82) is 0 Å². The Morgan fingerprint density at radius 3 is 2.67 bits per heavy atom. The highest BCUT2D eigenvalue weighted by Crippen LogP contribution is 2.31. The van der Waals surface area contributed by atoms with E-state index in [1.165, 1.54) is 0 Å². The summed E-state index contributed by atoms with van der Waals surface area (Å²) in [5, 5.41) is 2.26. The van der Waals surface area contributed by atoms with E-state index in [0.29, 0.717) is 30.8 Å². The Balaban J connectivity index is 1.46. The van der Waals surface area contributed by atoms with E-state index in [4.69, 9.17) is 0 Å². The van der Waals surface area contributed by atoms with Gasteiger partial charge in [0.25, 0.3) is 11.1 Å². The second kappa shape index (κ2) is 8.85. The molecule has 4 amide bonds. The van der Waals surface area contributed by atoms with E-state index in [1.54, 1.807) is 11.0 Å². The van der Waals surface area contributed by atoms with E-state index < -0.39 is 11.1 Å². The summed E-state index contributed by atoms with van der Waals surface area (Å²) < 4.78 is 0. The molecule has 1 N–H and O–H groups in total. The fourth-order valence-electron chi connectivity index (χ4n) is 2.97. The number of likely N-dealkylation sites (tertiary alicyclic amines) is 1. The van der Waals surface area contributed by atoms with E-state index in [9.17, 15) is 19.2 Å². The van der Waals surface area contributed by atoms with Crippen LogP contribution in [0.4, 0.5) is 4.79 Å². The summed E-state index contributed by atoms with van der Waals surface area (Å²) in [5.41, 5.74) is 0.823. The van der Waals surface area contributed by atoms with E-state index in [2.05, 4.69) is 5.32 Å². The molecule has 0 aliphatic carbocycles. The Labute approximate surface area is 161 Å². The average molecular weight is 387 g/mol. The van der Waals surface area contributed by atoms with Crippen molar-refractivity contribution >= 4 is 40.8 Å². The first-order valence-electron chi connectivity index (χ1n) is 8.89. The second-order valence-corrected chi connectivity index (χ2v) is 7.36. The van der Waals surface area contributed by atoms with Crippen LogP contribution < -0.4 is 5.32 Å². The lowest BCUT2D eigenvalue weighted by atomic mass is 10.2. The van der Waals surface area contributed by atoms with Gasteiger partial charge in [0.05, 0.1) is 4.91 Å². The maximum Gasteiger partial charge on any atom is 0.294 e. The summed E-state index contributed by atoms with van der Waals surface area (Å²) in [6.45, 7) is 1.50. The van der Waals surface area contributed by atoms with Crippen molar-refractivity contribution in [3.05, 3.63) is 40.8 Å². The molecule has 27 heavy (non-hydrogen) atoms. The molecule has 7 nitrogen and oxygen atoms in total. The molecule has 1 aromatic carbocycles. The molecule has 0 radical (unpaired) electrons. The molecule has 3 rings (SSSR count). The Hall–Kier alpha value is -2.61. The summed E-state index contributed by atoms with van der Waals surface area (Å²) in [6, 6.07) is 9.24. The zero-order valence-corrected chi connectivity index (χ0v) is 15.7. The fraction of sp³-hybridized carbons (Fsp3) is 0.368. The summed E-state index contributed by atoms with van der Waals surface area (Å²) >= 11 is 0.838. The van der Waals surface area contributed by atoms with Gasteiger partial charge < -0.3 is 10.2 Å². The van der Waals surface area contributed by atoms with Gasteiger partial charge in [0.2, 0.25) is 11.8 Å². The second-order valence-electron chi connectivity index (χ2n) is 6.37. The van der Waals surface area contributed by atoms with Crippen LogP contribution in [0.1, 0.15) is 24.8 Å². The summed E-state index contributed by atoms with van der Waals surface area (Å²) in [6.07, 6.45) is 3.78. The molecule has 0 spiro atoms. The third-order valence-electron chi connectivity index (χ3n) is 4.37. The number of nitrogens with one attached hydrogen (secondary N) is 1. The Morgan fingerprint density at radius 1 is 1.19 bits per heavy atom. The monoisotopic (exact) mass is 387 g/mol. The lowest BCUT2D eigenvalue weighted by Gasteiger charge is -2.16. The van der Waals surface area contributed by atoms with Crippen molar-refractivity contribution in [1.82, 2.24) is 15.1 Å². The maximum atomic E-state index is 12.4. The smallest absolute Gasteiger partial charge is 0.294 e. The fourth-order valence-corrected chi connectivity index (χ4v) is 3.81. The third kappa shape index (κ3) is 4.97. The van der Waals surface area contributed by atoms with Gasteiger partial charge in [-0.25, -0.2) is 0 Å². The van der Waals surface area contributed by atoms with Crippen LogP contribution in [-0.4, -0.2) is 58.9 Å². The van der Waals surface area contributed by atoms with Gasteiger partial charge in [-0.2, -0.15) is 0 Å². The van der Waals surface area contributed by atoms with Crippen LogP contribution in [-0.2, 0) is 14.4 Å². The number of carbonyl (C=O) groups excluding carboxylic acids is 4. The van der Waals surface area contributed by atoms with Crippen LogP contribution in [0.3, 0.4) is 0 Å². The maximum absolute atomic E-state index is 12.4. The standard InChI is InChI=1S/C19H21N3O4S/c23-16(20-9-5-11-21-10-4-8-17(21)24)13-22-18(25)15(27-19(22)26)12-14-6-2-1-3-7-14/h1-3,6-7,12H,4-5,8-11,13H2,(H,20,23). The minimum atomic E-state index is -0.452. The highest BCUT2D eigenvalue weighted by molar-refractivity contribution is 8.18. The van der Waals surface area contributed by atoms with Crippen molar-refractivity contribution in [2.24, 2.45) is 0 Å². The van der Waals surface area contributed by atoms with E-state index >= 15 is 0 Å². The topological polar surface area (TPSA) is 86.8 Å². The van der Waals surface area contributed by atoms with Gasteiger partial charge in [0, 0.05) is 26.1 Å². The molecule has 2 heterocycles. The predicted octanol–water partition coefficient (Wildman–Crippen LogP) is 1.85. The predicted molar refractivity (Wildman–Crippen MR) is 103 cm³/mol. The number of imide groups is 1. The Kier molecular flexibility index (Phi) is 6.28. The van der Waals surface area contributed by atoms with Gasteiger partial charge in [-0.15, -0.1) is 0 Å². The van der Waals surface area contributed by atoms with E-state index in [-0.39, 0.29) is 18.4 Å². The van der Waals surface area contributed by atoms with Crippen molar-refractivity contribution in [3.63, 3.8) is 0 Å². The van der Waals surface area contributed by atoms with Crippen LogP contribution in [0.25, 0.3) is 6.08 Å². The zero-order valence-electron chi connectivity index (χ0n) is 14.8. The van der Waals surface area contributed by atoms with Crippen LogP contribution in [0, 0.1) is 0 Å². The largest absolute Gasteiger partial charge is 0.354 e. The molecule has 0 atom stereocenters. The molecule has 2 aliphatic rings. The number of carbonyl (C=O) groups is 4. The number of thioether (sulfide) groups is 1. The first kappa shape index (κ1) is 19.2. The zero-order chi connectivity index (χ0) is 19.2.